The third-order valence-corrected chi connectivity index (χ3v) is 4.71. The zero-order chi connectivity index (χ0) is 12.4. The Hall–Kier alpha value is -0.900. The predicted molar refractivity (Wildman–Crippen MR) is 77.2 cm³/mol. The van der Waals surface area contributed by atoms with Crippen molar-refractivity contribution in [3.8, 4) is 0 Å². The van der Waals surface area contributed by atoms with Crippen molar-refractivity contribution in [2.45, 2.75) is 18.9 Å². The molecular formula is C15H19NOS. The van der Waals surface area contributed by atoms with Crippen molar-refractivity contribution in [3.05, 3.63) is 35.2 Å². The first-order valence-electron chi connectivity index (χ1n) is 6.62. The van der Waals surface area contributed by atoms with Crippen LogP contribution in [0.4, 0.5) is 0 Å². The molecule has 3 heteroatoms. The van der Waals surface area contributed by atoms with Crippen LogP contribution >= 0.6 is 11.3 Å². The van der Waals surface area contributed by atoms with E-state index >= 15 is 0 Å². The summed E-state index contributed by atoms with van der Waals surface area (Å²) in [6, 6.07) is 8.64. The number of benzene rings is 1. The molecule has 0 radical (unpaired) electrons. The van der Waals surface area contributed by atoms with Gasteiger partial charge in [0.15, 0.2) is 0 Å². The van der Waals surface area contributed by atoms with E-state index in [4.69, 9.17) is 4.74 Å². The summed E-state index contributed by atoms with van der Waals surface area (Å²) < 4.78 is 7.43. The molecule has 1 N–H and O–H groups in total. The highest BCUT2D eigenvalue weighted by Gasteiger charge is 2.28. The second-order valence-corrected chi connectivity index (χ2v) is 5.85. The summed E-state index contributed by atoms with van der Waals surface area (Å²) in [6.45, 7) is 1.93. The predicted octanol–water partition coefficient (Wildman–Crippen LogP) is 3.59. The molecule has 1 saturated heterocycles. The van der Waals surface area contributed by atoms with Gasteiger partial charge in [0.05, 0.1) is 6.10 Å². The second-order valence-electron chi connectivity index (χ2n) is 4.94. The van der Waals surface area contributed by atoms with Crippen molar-refractivity contribution in [2.75, 3.05) is 20.2 Å². The SMILES string of the molecule is CNCC1CCCOC1c1csc2ccccc12. The highest BCUT2D eigenvalue weighted by Crippen LogP contribution is 2.39. The first-order chi connectivity index (χ1) is 8.90. The molecule has 1 aliphatic heterocycles. The summed E-state index contributed by atoms with van der Waals surface area (Å²) in [5.74, 6) is 0.599. The lowest BCUT2D eigenvalue weighted by Gasteiger charge is -2.31. The number of hydrogen-bond donors (Lipinski definition) is 1. The highest BCUT2D eigenvalue weighted by molar-refractivity contribution is 7.17. The Balaban J connectivity index is 1.96. The fourth-order valence-electron chi connectivity index (χ4n) is 2.88. The van der Waals surface area contributed by atoms with Gasteiger partial charge in [-0.05, 0) is 42.3 Å². The van der Waals surface area contributed by atoms with Gasteiger partial charge in [-0.15, -0.1) is 11.3 Å². The normalized spacial score (nSPS) is 24.5. The monoisotopic (exact) mass is 261 g/mol. The lowest BCUT2D eigenvalue weighted by atomic mass is 9.89. The van der Waals surface area contributed by atoms with Gasteiger partial charge in [0, 0.05) is 23.8 Å². The number of ether oxygens (including phenoxy) is 1. The Morgan fingerprint density at radius 2 is 2.28 bits per heavy atom. The molecule has 0 saturated carbocycles. The second kappa shape index (κ2) is 5.39. The first kappa shape index (κ1) is 12.2. The van der Waals surface area contributed by atoms with E-state index in [1.54, 1.807) is 0 Å². The third-order valence-electron chi connectivity index (χ3n) is 3.73. The Morgan fingerprint density at radius 3 is 3.17 bits per heavy atom. The number of thiophene rings is 1. The molecule has 1 fully saturated rings. The third kappa shape index (κ3) is 2.18. The molecule has 3 rings (SSSR count). The van der Waals surface area contributed by atoms with Crippen molar-refractivity contribution in [1.82, 2.24) is 5.32 Å². The maximum Gasteiger partial charge on any atom is 0.0879 e. The van der Waals surface area contributed by atoms with Crippen LogP contribution in [0.5, 0.6) is 0 Å². The fraction of sp³-hybridized carbons (Fsp3) is 0.467. The van der Waals surface area contributed by atoms with Crippen molar-refractivity contribution in [3.63, 3.8) is 0 Å². The van der Waals surface area contributed by atoms with Crippen LogP contribution in [0.3, 0.4) is 0 Å². The van der Waals surface area contributed by atoms with Crippen molar-refractivity contribution in [2.24, 2.45) is 5.92 Å². The number of hydrogen-bond acceptors (Lipinski definition) is 3. The molecule has 2 heterocycles. The summed E-state index contributed by atoms with van der Waals surface area (Å²) in [6.07, 6.45) is 2.71. The maximum absolute atomic E-state index is 6.06. The Kier molecular flexibility index (Phi) is 3.64. The van der Waals surface area contributed by atoms with Gasteiger partial charge in [-0.25, -0.2) is 0 Å². The van der Waals surface area contributed by atoms with Crippen molar-refractivity contribution in [1.29, 1.82) is 0 Å². The Morgan fingerprint density at radius 1 is 1.39 bits per heavy atom. The van der Waals surface area contributed by atoms with Crippen LogP contribution in [0.25, 0.3) is 10.1 Å². The molecule has 2 atom stereocenters. The van der Waals surface area contributed by atoms with Crippen LogP contribution in [0.15, 0.2) is 29.6 Å². The molecule has 96 valence electrons. The van der Waals surface area contributed by atoms with Crippen LogP contribution in [0.2, 0.25) is 0 Å². The number of nitrogens with one attached hydrogen (secondary N) is 1. The van der Waals surface area contributed by atoms with Crippen molar-refractivity contribution < 1.29 is 4.74 Å². The van der Waals surface area contributed by atoms with Crippen LogP contribution < -0.4 is 5.32 Å². The molecule has 2 nitrogen and oxygen atoms in total. The summed E-state index contributed by atoms with van der Waals surface area (Å²) in [7, 11) is 2.03. The number of fused-ring (bicyclic) bond motifs is 1. The molecule has 0 amide bonds. The van der Waals surface area contributed by atoms with Crippen LogP contribution in [-0.4, -0.2) is 20.2 Å². The van der Waals surface area contributed by atoms with Gasteiger partial charge in [-0.1, -0.05) is 18.2 Å². The largest absolute Gasteiger partial charge is 0.373 e. The van der Waals surface area contributed by atoms with Crippen LogP contribution in [-0.2, 0) is 4.74 Å². The van der Waals surface area contributed by atoms with Crippen LogP contribution in [0, 0.1) is 5.92 Å². The minimum Gasteiger partial charge on any atom is -0.373 e. The van der Waals surface area contributed by atoms with Crippen LogP contribution in [0.1, 0.15) is 24.5 Å². The van der Waals surface area contributed by atoms with Gasteiger partial charge in [-0.2, -0.15) is 0 Å². The van der Waals surface area contributed by atoms with E-state index in [1.165, 1.54) is 28.5 Å². The Labute approximate surface area is 112 Å². The van der Waals surface area contributed by atoms with Gasteiger partial charge in [0.25, 0.3) is 0 Å². The van der Waals surface area contributed by atoms with E-state index in [1.807, 2.05) is 18.4 Å². The summed E-state index contributed by atoms with van der Waals surface area (Å²) in [4.78, 5) is 0. The van der Waals surface area contributed by atoms with Gasteiger partial charge in [0.1, 0.15) is 0 Å². The topological polar surface area (TPSA) is 21.3 Å². The lowest BCUT2D eigenvalue weighted by molar-refractivity contribution is -0.0261. The van der Waals surface area contributed by atoms with E-state index < -0.39 is 0 Å². The fourth-order valence-corrected chi connectivity index (χ4v) is 3.86. The van der Waals surface area contributed by atoms with E-state index in [9.17, 15) is 0 Å². The standard InChI is InChI=1S/C15H19NOS/c1-16-9-11-5-4-8-17-15(11)13-10-18-14-7-3-2-6-12(13)14/h2-3,6-7,10-11,15-16H,4-5,8-9H2,1H3. The highest BCUT2D eigenvalue weighted by atomic mass is 32.1. The lowest BCUT2D eigenvalue weighted by Crippen LogP contribution is -2.30. The molecule has 2 aromatic rings. The minimum absolute atomic E-state index is 0.266. The zero-order valence-corrected chi connectivity index (χ0v) is 11.5. The van der Waals surface area contributed by atoms with Gasteiger partial charge in [0.2, 0.25) is 0 Å². The Bertz CT molecular complexity index is 520. The molecule has 1 aromatic heterocycles. The molecule has 1 aromatic carbocycles. The molecule has 18 heavy (non-hydrogen) atoms. The maximum atomic E-state index is 6.06. The minimum atomic E-state index is 0.266. The molecule has 0 spiro atoms. The molecule has 2 unspecified atom stereocenters. The van der Waals surface area contributed by atoms with Crippen molar-refractivity contribution >= 4 is 21.4 Å². The quantitative estimate of drug-likeness (QED) is 0.911. The smallest absolute Gasteiger partial charge is 0.0879 e. The average molecular weight is 261 g/mol. The van der Waals surface area contributed by atoms with E-state index in [0.29, 0.717) is 5.92 Å². The molecule has 0 bridgehead atoms. The number of rotatable bonds is 3. The van der Waals surface area contributed by atoms with E-state index in [2.05, 4.69) is 35.0 Å². The van der Waals surface area contributed by atoms with Gasteiger partial charge < -0.3 is 10.1 Å². The molecular weight excluding hydrogens is 242 g/mol. The van der Waals surface area contributed by atoms with Gasteiger partial charge in [-0.3, -0.25) is 0 Å². The summed E-state index contributed by atoms with van der Waals surface area (Å²) in [5.41, 5.74) is 1.38. The molecule has 1 aliphatic rings. The average Bonchev–Trinajstić information content (AvgIpc) is 2.84. The van der Waals surface area contributed by atoms with E-state index in [-0.39, 0.29) is 6.10 Å². The summed E-state index contributed by atoms with van der Waals surface area (Å²) in [5, 5.41) is 6.95. The van der Waals surface area contributed by atoms with Gasteiger partial charge >= 0.3 is 0 Å². The zero-order valence-electron chi connectivity index (χ0n) is 10.7. The first-order valence-corrected chi connectivity index (χ1v) is 7.50. The van der Waals surface area contributed by atoms with E-state index in [0.717, 1.165) is 13.2 Å². The summed E-state index contributed by atoms with van der Waals surface area (Å²) >= 11 is 1.83. The molecule has 0 aliphatic carbocycles.